The number of hydrogen-bond donors (Lipinski definition) is 0. The van der Waals surface area contributed by atoms with E-state index in [1.807, 2.05) is 10.8 Å². The first-order valence-electron chi connectivity index (χ1n) is 4.81. The summed E-state index contributed by atoms with van der Waals surface area (Å²) in [6.45, 7) is 1.35. The van der Waals surface area contributed by atoms with Crippen LogP contribution in [0.3, 0.4) is 0 Å². The molecule has 2 rings (SSSR count). The maximum atomic E-state index is 5.74. The van der Waals surface area contributed by atoms with Gasteiger partial charge in [0.15, 0.2) is 5.82 Å². The largest absolute Gasteiger partial charge is 0.383 e. The highest BCUT2D eigenvalue weighted by Crippen LogP contribution is 2.09. The van der Waals surface area contributed by atoms with Gasteiger partial charge in [-0.25, -0.2) is 0 Å². The molecule has 0 N–H and O–H groups in total. The van der Waals surface area contributed by atoms with Crippen LogP contribution in [-0.4, -0.2) is 38.3 Å². The molecule has 0 saturated carbocycles. The van der Waals surface area contributed by atoms with E-state index >= 15 is 0 Å². The first-order valence-corrected chi connectivity index (χ1v) is 5.35. The minimum absolute atomic E-state index is 0.323. The molecule has 16 heavy (non-hydrogen) atoms. The van der Waals surface area contributed by atoms with Gasteiger partial charge in [-0.3, -0.25) is 9.25 Å². The Bertz CT molecular complexity index is 452. The Labute approximate surface area is 97.8 Å². The van der Waals surface area contributed by atoms with E-state index in [0.717, 1.165) is 12.2 Å². The molecule has 0 atom stereocenters. The van der Waals surface area contributed by atoms with Gasteiger partial charge in [0.05, 0.1) is 30.9 Å². The van der Waals surface area contributed by atoms with Gasteiger partial charge in [-0.15, -0.1) is 21.8 Å². The van der Waals surface area contributed by atoms with Gasteiger partial charge in [0, 0.05) is 13.3 Å². The SMILES string of the molecule is COCCn1cc(-n2cnnc2CCl)cn1. The Morgan fingerprint density at radius 3 is 3.12 bits per heavy atom. The number of aromatic nitrogens is 5. The zero-order valence-corrected chi connectivity index (χ0v) is 9.63. The lowest BCUT2D eigenvalue weighted by molar-refractivity contribution is 0.183. The van der Waals surface area contributed by atoms with Crippen LogP contribution in [0.25, 0.3) is 5.69 Å². The highest BCUT2D eigenvalue weighted by atomic mass is 35.5. The summed E-state index contributed by atoms with van der Waals surface area (Å²) < 4.78 is 8.59. The third-order valence-corrected chi connectivity index (χ3v) is 2.40. The number of nitrogens with zero attached hydrogens (tertiary/aromatic N) is 5. The van der Waals surface area contributed by atoms with Crippen molar-refractivity contribution in [2.24, 2.45) is 0 Å². The molecule has 0 radical (unpaired) electrons. The van der Waals surface area contributed by atoms with Crippen molar-refractivity contribution in [1.82, 2.24) is 24.5 Å². The van der Waals surface area contributed by atoms with Gasteiger partial charge in [0.25, 0.3) is 0 Å². The molecule has 0 amide bonds. The topological polar surface area (TPSA) is 57.8 Å². The van der Waals surface area contributed by atoms with Crippen molar-refractivity contribution in [1.29, 1.82) is 0 Å². The van der Waals surface area contributed by atoms with Crippen molar-refractivity contribution in [3.05, 3.63) is 24.5 Å². The second kappa shape index (κ2) is 5.09. The lowest BCUT2D eigenvalue weighted by Gasteiger charge is -2.00. The first kappa shape index (κ1) is 11.1. The molecule has 0 aromatic carbocycles. The molecule has 0 bridgehead atoms. The zero-order valence-electron chi connectivity index (χ0n) is 8.88. The summed E-state index contributed by atoms with van der Waals surface area (Å²) in [5.41, 5.74) is 0.900. The van der Waals surface area contributed by atoms with Crippen molar-refractivity contribution >= 4 is 11.6 Å². The molecule has 7 heteroatoms. The summed E-state index contributed by atoms with van der Waals surface area (Å²) in [6.07, 6.45) is 5.27. The lowest BCUT2D eigenvalue weighted by atomic mass is 10.5. The molecule has 2 heterocycles. The summed E-state index contributed by atoms with van der Waals surface area (Å²) in [5, 5.41) is 11.9. The van der Waals surface area contributed by atoms with Crippen molar-refractivity contribution in [2.45, 2.75) is 12.4 Å². The van der Waals surface area contributed by atoms with Crippen molar-refractivity contribution in [3.63, 3.8) is 0 Å². The molecular formula is C9H12ClN5O. The van der Waals surface area contributed by atoms with Crippen LogP contribution in [0.15, 0.2) is 18.7 Å². The van der Waals surface area contributed by atoms with E-state index in [4.69, 9.17) is 16.3 Å². The van der Waals surface area contributed by atoms with Crippen molar-refractivity contribution in [3.8, 4) is 5.69 Å². The molecule has 2 aromatic rings. The van der Waals surface area contributed by atoms with Gasteiger partial charge in [-0.2, -0.15) is 5.10 Å². The highest BCUT2D eigenvalue weighted by molar-refractivity contribution is 6.16. The quantitative estimate of drug-likeness (QED) is 0.729. The molecule has 0 saturated heterocycles. The lowest BCUT2D eigenvalue weighted by Crippen LogP contribution is -2.04. The van der Waals surface area contributed by atoms with Crippen molar-refractivity contribution < 1.29 is 4.74 Å². The van der Waals surface area contributed by atoms with Gasteiger partial charge in [-0.05, 0) is 0 Å². The molecule has 0 aliphatic heterocycles. The summed E-state index contributed by atoms with van der Waals surface area (Å²) in [5.74, 6) is 1.02. The maximum Gasteiger partial charge on any atom is 0.152 e. The van der Waals surface area contributed by atoms with Gasteiger partial charge >= 0.3 is 0 Å². The van der Waals surface area contributed by atoms with Crippen molar-refractivity contribution in [2.75, 3.05) is 13.7 Å². The van der Waals surface area contributed by atoms with Crippen LogP contribution in [0.4, 0.5) is 0 Å². The van der Waals surface area contributed by atoms with Gasteiger partial charge in [0.2, 0.25) is 0 Å². The molecule has 6 nitrogen and oxygen atoms in total. The predicted octanol–water partition coefficient (Wildman–Crippen LogP) is 0.849. The van der Waals surface area contributed by atoms with Gasteiger partial charge in [0.1, 0.15) is 6.33 Å². The van der Waals surface area contributed by atoms with E-state index in [1.165, 1.54) is 0 Å². The fourth-order valence-electron chi connectivity index (χ4n) is 1.35. The molecule has 0 unspecified atom stereocenters. The standard InChI is InChI=1S/C9H12ClN5O/c1-16-3-2-14-6-8(5-12-14)15-7-11-13-9(15)4-10/h5-7H,2-4H2,1H3. The summed E-state index contributed by atoms with van der Waals surface area (Å²) in [7, 11) is 1.66. The molecule has 2 aromatic heterocycles. The third kappa shape index (κ3) is 2.23. The smallest absolute Gasteiger partial charge is 0.152 e. The number of halogens is 1. The fraction of sp³-hybridized carbons (Fsp3) is 0.444. The number of rotatable bonds is 5. The minimum atomic E-state index is 0.323. The summed E-state index contributed by atoms with van der Waals surface area (Å²) in [6, 6.07) is 0. The zero-order chi connectivity index (χ0) is 11.4. The summed E-state index contributed by atoms with van der Waals surface area (Å²) in [4.78, 5) is 0. The highest BCUT2D eigenvalue weighted by Gasteiger charge is 2.06. The second-order valence-electron chi connectivity index (χ2n) is 3.21. The Balaban J connectivity index is 2.18. The van der Waals surface area contributed by atoms with E-state index in [1.54, 1.807) is 24.3 Å². The van der Waals surface area contributed by atoms with Crippen LogP contribution in [0, 0.1) is 0 Å². The Morgan fingerprint density at radius 2 is 2.38 bits per heavy atom. The second-order valence-corrected chi connectivity index (χ2v) is 3.47. The van der Waals surface area contributed by atoms with Crippen LogP contribution in [-0.2, 0) is 17.2 Å². The fourth-order valence-corrected chi connectivity index (χ4v) is 1.53. The van der Waals surface area contributed by atoms with Crippen LogP contribution >= 0.6 is 11.6 Å². The Kier molecular flexibility index (Phi) is 3.53. The number of methoxy groups -OCH3 is 1. The van der Waals surface area contributed by atoms with Crippen LogP contribution < -0.4 is 0 Å². The first-order chi connectivity index (χ1) is 7.85. The monoisotopic (exact) mass is 241 g/mol. The molecule has 0 fully saturated rings. The van der Waals surface area contributed by atoms with Gasteiger partial charge in [-0.1, -0.05) is 0 Å². The average Bonchev–Trinajstić information content (AvgIpc) is 2.94. The third-order valence-electron chi connectivity index (χ3n) is 2.16. The van der Waals surface area contributed by atoms with E-state index in [9.17, 15) is 0 Å². The van der Waals surface area contributed by atoms with Gasteiger partial charge < -0.3 is 4.74 Å². The van der Waals surface area contributed by atoms with Crippen LogP contribution in [0.5, 0.6) is 0 Å². The Morgan fingerprint density at radius 1 is 1.50 bits per heavy atom. The number of hydrogen-bond acceptors (Lipinski definition) is 4. The average molecular weight is 242 g/mol. The van der Waals surface area contributed by atoms with Crippen LogP contribution in [0.1, 0.15) is 5.82 Å². The molecule has 0 aliphatic rings. The molecule has 0 spiro atoms. The molecule has 0 aliphatic carbocycles. The number of ether oxygens (including phenoxy) is 1. The normalized spacial score (nSPS) is 10.9. The van der Waals surface area contributed by atoms with Crippen LogP contribution in [0.2, 0.25) is 0 Å². The number of alkyl halides is 1. The predicted molar refractivity (Wildman–Crippen MR) is 58.6 cm³/mol. The molecule has 86 valence electrons. The molecular weight excluding hydrogens is 230 g/mol. The van der Waals surface area contributed by atoms with E-state index in [0.29, 0.717) is 18.3 Å². The van der Waals surface area contributed by atoms with E-state index in [2.05, 4.69) is 15.3 Å². The Hall–Kier alpha value is -1.40. The maximum absolute atomic E-state index is 5.74. The van der Waals surface area contributed by atoms with E-state index in [-0.39, 0.29) is 0 Å². The summed E-state index contributed by atoms with van der Waals surface area (Å²) >= 11 is 5.74. The van der Waals surface area contributed by atoms with E-state index < -0.39 is 0 Å². The minimum Gasteiger partial charge on any atom is -0.383 e.